The SMILES string of the molecule is CS(N)(=O)=Cc1cc(F)cc([N+](=O)[O-])c1. The number of hydrogen-bond donors (Lipinski definition) is 1. The number of nitrogens with zero attached hydrogens (tertiary/aromatic N) is 1. The minimum absolute atomic E-state index is 0.136. The van der Waals surface area contributed by atoms with Gasteiger partial charge in [0.25, 0.3) is 5.69 Å². The molecule has 15 heavy (non-hydrogen) atoms. The van der Waals surface area contributed by atoms with E-state index in [0.29, 0.717) is 0 Å². The van der Waals surface area contributed by atoms with Crippen molar-refractivity contribution in [3.8, 4) is 0 Å². The average molecular weight is 232 g/mol. The lowest BCUT2D eigenvalue weighted by Crippen LogP contribution is -2.13. The summed E-state index contributed by atoms with van der Waals surface area (Å²) in [6.45, 7) is 0. The molecule has 0 aliphatic rings. The molecule has 1 unspecified atom stereocenters. The molecule has 0 aliphatic heterocycles. The summed E-state index contributed by atoms with van der Waals surface area (Å²) < 4.78 is 24.1. The van der Waals surface area contributed by atoms with Crippen LogP contribution in [0.25, 0.3) is 0 Å². The molecule has 2 N–H and O–H groups in total. The molecule has 82 valence electrons. The zero-order chi connectivity index (χ0) is 11.6. The number of halogens is 1. The Morgan fingerprint density at radius 3 is 2.60 bits per heavy atom. The molecule has 1 rings (SSSR count). The van der Waals surface area contributed by atoms with Crippen molar-refractivity contribution in [2.24, 2.45) is 5.14 Å². The molecule has 1 atom stereocenters. The first-order chi connectivity index (χ1) is 6.78. The topological polar surface area (TPSA) is 86.2 Å². The Balaban J connectivity index is 3.34. The number of nitro groups is 1. The molecule has 0 aliphatic carbocycles. The second-order valence-corrected chi connectivity index (χ2v) is 5.25. The van der Waals surface area contributed by atoms with Crippen molar-refractivity contribution in [2.75, 3.05) is 6.26 Å². The van der Waals surface area contributed by atoms with E-state index in [1.807, 2.05) is 0 Å². The standard InChI is InChI=1S/C8H9FN2O3S/c1-15(10,14)5-6-2-7(9)4-8(3-6)11(12)13/h2-5H,1H3,(H2,10,14). The summed E-state index contributed by atoms with van der Waals surface area (Å²) >= 11 is 0. The molecule has 1 aromatic rings. The van der Waals surface area contributed by atoms with Crippen molar-refractivity contribution in [2.45, 2.75) is 0 Å². The maximum Gasteiger partial charge on any atom is 0.272 e. The van der Waals surface area contributed by atoms with Gasteiger partial charge in [0.1, 0.15) is 5.82 Å². The molecule has 0 bridgehead atoms. The molecule has 0 fully saturated rings. The number of nitrogens with two attached hydrogens (primary N) is 1. The molecule has 7 heteroatoms. The number of non-ortho nitro benzene ring substituents is 1. The van der Waals surface area contributed by atoms with Crippen molar-refractivity contribution < 1.29 is 13.5 Å². The molecule has 1 aromatic carbocycles. The Morgan fingerprint density at radius 1 is 1.53 bits per heavy atom. The fourth-order valence-corrected chi connectivity index (χ4v) is 1.72. The van der Waals surface area contributed by atoms with Crippen LogP contribution in [0.5, 0.6) is 0 Å². The maximum atomic E-state index is 12.9. The Labute approximate surface area is 86.0 Å². The first-order valence-electron chi connectivity index (χ1n) is 3.84. The van der Waals surface area contributed by atoms with Crippen molar-refractivity contribution in [1.29, 1.82) is 0 Å². The highest BCUT2D eigenvalue weighted by atomic mass is 32.2. The van der Waals surface area contributed by atoms with E-state index < -0.39 is 26.1 Å². The molecule has 0 radical (unpaired) electrons. The summed E-state index contributed by atoms with van der Waals surface area (Å²) in [5.74, 6) is -0.765. The van der Waals surface area contributed by atoms with E-state index in [1.54, 1.807) is 0 Å². The van der Waals surface area contributed by atoms with Gasteiger partial charge in [0.2, 0.25) is 0 Å². The second-order valence-electron chi connectivity index (χ2n) is 3.08. The Hall–Kier alpha value is -1.47. The Morgan fingerprint density at radius 2 is 2.13 bits per heavy atom. The Kier molecular flexibility index (Phi) is 3.06. The largest absolute Gasteiger partial charge is 0.272 e. The van der Waals surface area contributed by atoms with Crippen molar-refractivity contribution in [1.82, 2.24) is 0 Å². The van der Waals surface area contributed by atoms with Crippen LogP contribution >= 0.6 is 0 Å². The van der Waals surface area contributed by atoms with E-state index in [2.05, 4.69) is 0 Å². The van der Waals surface area contributed by atoms with Crippen LogP contribution in [0.3, 0.4) is 0 Å². The lowest BCUT2D eigenvalue weighted by atomic mass is 10.2. The van der Waals surface area contributed by atoms with Gasteiger partial charge in [0.15, 0.2) is 0 Å². The molecular weight excluding hydrogens is 223 g/mol. The highest BCUT2D eigenvalue weighted by molar-refractivity contribution is 7.98. The predicted octanol–water partition coefficient (Wildman–Crippen LogP) is 0.672. The first kappa shape index (κ1) is 11.6. The smallest absolute Gasteiger partial charge is 0.259 e. The van der Waals surface area contributed by atoms with Crippen LogP contribution in [-0.2, 0) is 9.71 Å². The third-order valence-electron chi connectivity index (χ3n) is 1.49. The van der Waals surface area contributed by atoms with Crippen LogP contribution in [0.2, 0.25) is 0 Å². The van der Waals surface area contributed by atoms with Crippen molar-refractivity contribution in [3.63, 3.8) is 0 Å². The molecule has 0 saturated carbocycles. The zero-order valence-electron chi connectivity index (χ0n) is 7.84. The average Bonchev–Trinajstić information content (AvgIpc) is 1.99. The second kappa shape index (κ2) is 3.95. The van der Waals surface area contributed by atoms with Crippen LogP contribution in [0.15, 0.2) is 18.2 Å². The summed E-state index contributed by atoms with van der Waals surface area (Å²) in [5, 5.41) is 16.7. The summed E-state index contributed by atoms with van der Waals surface area (Å²) in [6, 6.07) is 2.92. The predicted molar refractivity (Wildman–Crippen MR) is 56.5 cm³/mol. The fraction of sp³-hybridized carbons (Fsp3) is 0.125. The van der Waals surface area contributed by atoms with Gasteiger partial charge in [-0.05, 0) is 11.6 Å². The van der Waals surface area contributed by atoms with Crippen LogP contribution in [0.1, 0.15) is 5.56 Å². The van der Waals surface area contributed by atoms with Gasteiger partial charge in [-0.3, -0.25) is 19.5 Å². The normalized spacial score (nSPS) is 14.3. The molecule has 0 amide bonds. The highest BCUT2D eigenvalue weighted by Crippen LogP contribution is 2.15. The van der Waals surface area contributed by atoms with Crippen molar-refractivity contribution >= 4 is 20.8 Å². The summed E-state index contributed by atoms with van der Waals surface area (Å²) in [6.07, 6.45) is 1.25. The van der Waals surface area contributed by atoms with Gasteiger partial charge in [-0.2, -0.15) is 0 Å². The minimum atomic E-state index is -2.70. The van der Waals surface area contributed by atoms with E-state index in [9.17, 15) is 18.7 Å². The van der Waals surface area contributed by atoms with E-state index in [-0.39, 0.29) is 5.56 Å². The number of benzene rings is 1. The number of rotatable bonds is 2. The van der Waals surface area contributed by atoms with Crippen LogP contribution in [-0.4, -0.2) is 20.8 Å². The third-order valence-corrected chi connectivity index (χ3v) is 2.23. The fourth-order valence-electron chi connectivity index (χ4n) is 1.04. The van der Waals surface area contributed by atoms with Crippen molar-refractivity contribution in [3.05, 3.63) is 39.7 Å². The van der Waals surface area contributed by atoms with Gasteiger partial charge in [-0.15, -0.1) is 0 Å². The minimum Gasteiger partial charge on any atom is -0.259 e. The van der Waals surface area contributed by atoms with Crippen LogP contribution in [0, 0.1) is 15.9 Å². The molecular formula is C8H9FN2O3S. The zero-order valence-corrected chi connectivity index (χ0v) is 8.66. The van der Waals surface area contributed by atoms with Crippen LogP contribution in [0.4, 0.5) is 10.1 Å². The van der Waals surface area contributed by atoms with E-state index >= 15 is 0 Å². The molecule has 0 aromatic heterocycles. The first-order valence-corrected chi connectivity index (χ1v) is 5.94. The maximum absolute atomic E-state index is 12.9. The molecule has 0 saturated heterocycles. The summed E-state index contributed by atoms with van der Waals surface area (Å²) in [5.41, 5.74) is -0.262. The van der Waals surface area contributed by atoms with Gasteiger partial charge < -0.3 is 0 Å². The van der Waals surface area contributed by atoms with Gasteiger partial charge >= 0.3 is 0 Å². The van der Waals surface area contributed by atoms with E-state index in [1.165, 1.54) is 6.26 Å². The lowest BCUT2D eigenvalue weighted by molar-refractivity contribution is -0.385. The van der Waals surface area contributed by atoms with Gasteiger partial charge in [0.05, 0.1) is 11.0 Å². The Bertz CT molecular complexity index is 513. The molecule has 0 heterocycles. The third kappa shape index (κ3) is 3.64. The highest BCUT2D eigenvalue weighted by Gasteiger charge is 2.09. The van der Waals surface area contributed by atoms with E-state index in [0.717, 1.165) is 23.6 Å². The van der Waals surface area contributed by atoms with Gasteiger partial charge in [0, 0.05) is 27.4 Å². The quantitative estimate of drug-likeness (QED) is 0.462. The number of hydrogen-bond acceptors (Lipinski definition) is 3. The lowest BCUT2D eigenvalue weighted by Gasteiger charge is -1.98. The molecule has 5 nitrogen and oxygen atoms in total. The summed E-state index contributed by atoms with van der Waals surface area (Å²) in [4.78, 5) is 9.67. The number of nitro benzene ring substituents is 1. The monoisotopic (exact) mass is 232 g/mol. The molecule has 0 spiro atoms. The van der Waals surface area contributed by atoms with E-state index in [4.69, 9.17) is 5.14 Å². The van der Waals surface area contributed by atoms with Crippen LogP contribution < -0.4 is 5.14 Å². The summed E-state index contributed by atoms with van der Waals surface area (Å²) in [7, 11) is -2.70. The van der Waals surface area contributed by atoms with Gasteiger partial charge in [-0.25, -0.2) is 4.39 Å². The van der Waals surface area contributed by atoms with Gasteiger partial charge in [-0.1, -0.05) is 0 Å².